The number of nitrogens with zero attached hydrogens (tertiary/aromatic N) is 2. The van der Waals surface area contributed by atoms with Gasteiger partial charge in [0.05, 0.1) is 0 Å². The summed E-state index contributed by atoms with van der Waals surface area (Å²) in [5.74, 6) is 1.65. The molecule has 0 amide bonds. The summed E-state index contributed by atoms with van der Waals surface area (Å²) in [5.41, 5.74) is 0. The zero-order valence-corrected chi connectivity index (χ0v) is 14.0. The molecule has 1 aliphatic carbocycles. The fourth-order valence-electron chi connectivity index (χ4n) is 2.99. The lowest BCUT2D eigenvalue weighted by Gasteiger charge is -2.26. The van der Waals surface area contributed by atoms with E-state index in [1.54, 1.807) is 0 Å². The maximum atomic E-state index is 4.43. The quantitative estimate of drug-likeness (QED) is 0.805. The molecule has 1 aliphatic rings. The van der Waals surface area contributed by atoms with Crippen LogP contribution in [0.5, 0.6) is 0 Å². The first kappa shape index (κ1) is 15.9. The second-order valence-electron chi connectivity index (χ2n) is 6.43. The molecule has 1 saturated carbocycles. The summed E-state index contributed by atoms with van der Waals surface area (Å²) in [6, 6.07) is 0.511. The smallest absolute Gasteiger partial charge is 0.131 e. The van der Waals surface area contributed by atoms with E-state index >= 15 is 0 Å². The van der Waals surface area contributed by atoms with E-state index in [4.69, 9.17) is 0 Å². The molecule has 1 heterocycles. The Bertz CT molecular complexity index is 381. The van der Waals surface area contributed by atoms with Crippen molar-refractivity contribution in [2.45, 2.75) is 84.2 Å². The van der Waals surface area contributed by atoms with Crippen LogP contribution in [0.25, 0.3) is 0 Å². The number of nitrogens with one attached hydrogen (secondary N) is 1. The largest absolute Gasteiger partial charge is 0.308 e. The molecule has 0 saturated heterocycles. The summed E-state index contributed by atoms with van der Waals surface area (Å²) >= 11 is 1.82. The first-order chi connectivity index (χ1) is 9.69. The van der Waals surface area contributed by atoms with Crippen LogP contribution in [-0.4, -0.2) is 16.2 Å². The Morgan fingerprint density at radius 2 is 1.95 bits per heavy atom. The SMILES string of the molecule is CCCCC1CCC(c2nnc(CNC(C)C)s2)CC1. The molecule has 1 N–H and O–H groups in total. The molecule has 2 rings (SSSR count). The zero-order valence-electron chi connectivity index (χ0n) is 13.2. The second-order valence-corrected chi connectivity index (χ2v) is 7.52. The first-order valence-corrected chi connectivity index (χ1v) is 9.06. The van der Waals surface area contributed by atoms with Gasteiger partial charge in [-0.15, -0.1) is 10.2 Å². The molecule has 0 spiro atoms. The van der Waals surface area contributed by atoms with Gasteiger partial charge in [0.15, 0.2) is 0 Å². The van der Waals surface area contributed by atoms with Crippen molar-refractivity contribution >= 4 is 11.3 Å². The van der Waals surface area contributed by atoms with Gasteiger partial charge in [-0.2, -0.15) is 0 Å². The molecule has 3 nitrogen and oxygen atoms in total. The molecule has 4 heteroatoms. The molecule has 1 aromatic rings. The molecule has 20 heavy (non-hydrogen) atoms. The van der Waals surface area contributed by atoms with E-state index in [2.05, 4.69) is 36.3 Å². The molecule has 0 radical (unpaired) electrons. The maximum Gasteiger partial charge on any atom is 0.131 e. The Balaban J connectivity index is 1.78. The third kappa shape index (κ3) is 4.81. The Hall–Kier alpha value is -0.480. The van der Waals surface area contributed by atoms with Crippen molar-refractivity contribution in [3.8, 4) is 0 Å². The molecule has 0 aromatic carbocycles. The Morgan fingerprint density at radius 1 is 1.20 bits per heavy atom. The van der Waals surface area contributed by atoms with Crippen molar-refractivity contribution in [1.29, 1.82) is 0 Å². The summed E-state index contributed by atoms with van der Waals surface area (Å²) in [4.78, 5) is 0. The van der Waals surface area contributed by atoms with Crippen LogP contribution in [0.4, 0.5) is 0 Å². The highest BCUT2D eigenvalue weighted by molar-refractivity contribution is 7.11. The lowest BCUT2D eigenvalue weighted by atomic mass is 9.80. The van der Waals surface area contributed by atoms with Crippen molar-refractivity contribution < 1.29 is 0 Å². The van der Waals surface area contributed by atoms with Gasteiger partial charge in [0.1, 0.15) is 10.0 Å². The molecule has 0 unspecified atom stereocenters. The van der Waals surface area contributed by atoms with E-state index in [9.17, 15) is 0 Å². The van der Waals surface area contributed by atoms with Crippen molar-refractivity contribution in [3.05, 3.63) is 10.0 Å². The molecule has 114 valence electrons. The molecular weight excluding hydrogens is 266 g/mol. The standard InChI is InChI=1S/C16H29N3S/c1-4-5-6-13-7-9-14(10-8-13)16-19-18-15(20-16)11-17-12(2)3/h12-14,17H,4-11H2,1-3H3. The van der Waals surface area contributed by atoms with Crippen LogP contribution in [-0.2, 0) is 6.54 Å². The van der Waals surface area contributed by atoms with Crippen molar-refractivity contribution in [2.75, 3.05) is 0 Å². The lowest BCUT2D eigenvalue weighted by Crippen LogP contribution is -2.21. The van der Waals surface area contributed by atoms with E-state index in [1.165, 1.54) is 50.0 Å². The molecule has 1 fully saturated rings. The van der Waals surface area contributed by atoms with Gasteiger partial charge in [-0.1, -0.05) is 51.4 Å². The average Bonchev–Trinajstić information content (AvgIpc) is 2.92. The monoisotopic (exact) mass is 295 g/mol. The van der Waals surface area contributed by atoms with Gasteiger partial charge in [0.25, 0.3) is 0 Å². The van der Waals surface area contributed by atoms with Gasteiger partial charge < -0.3 is 5.32 Å². The molecular formula is C16H29N3S. The van der Waals surface area contributed by atoms with Crippen LogP contribution >= 0.6 is 11.3 Å². The zero-order chi connectivity index (χ0) is 14.4. The van der Waals surface area contributed by atoms with Crippen LogP contribution in [0.3, 0.4) is 0 Å². The van der Waals surface area contributed by atoms with E-state index in [-0.39, 0.29) is 0 Å². The summed E-state index contributed by atoms with van der Waals surface area (Å²) in [5, 5.41) is 14.6. The highest BCUT2D eigenvalue weighted by Crippen LogP contribution is 2.38. The predicted molar refractivity (Wildman–Crippen MR) is 86.1 cm³/mol. The average molecular weight is 295 g/mol. The first-order valence-electron chi connectivity index (χ1n) is 8.24. The normalized spacial score (nSPS) is 23.4. The Kier molecular flexibility index (Phi) is 6.43. The fourth-order valence-corrected chi connectivity index (χ4v) is 3.95. The van der Waals surface area contributed by atoms with Crippen LogP contribution < -0.4 is 5.32 Å². The van der Waals surface area contributed by atoms with E-state index in [0.29, 0.717) is 12.0 Å². The summed E-state index contributed by atoms with van der Waals surface area (Å²) in [7, 11) is 0. The number of aromatic nitrogens is 2. The van der Waals surface area contributed by atoms with Gasteiger partial charge in [-0.25, -0.2) is 0 Å². The summed E-state index contributed by atoms with van der Waals surface area (Å²) in [6.07, 6.45) is 9.60. The number of hydrogen-bond donors (Lipinski definition) is 1. The third-order valence-corrected chi connectivity index (χ3v) is 5.39. The minimum Gasteiger partial charge on any atom is -0.308 e. The van der Waals surface area contributed by atoms with Crippen LogP contribution in [0, 0.1) is 5.92 Å². The van der Waals surface area contributed by atoms with E-state index in [1.807, 2.05) is 11.3 Å². The topological polar surface area (TPSA) is 37.8 Å². The van der Waals surface area contributed by atoms with Crippen molar-refractivity contribution in [3.63, 3.8) is 0 Å². The van der Waals surface area contributed by atoms with Crippen LogP contribution in [0.1, 0.15) is 81.7 Å². The minimum atomic E-state index is 0.511. The number of hydrogen-bond acceptors (Lipinski definition) is 4. The molecule has 0 aliphatic heterocycles. The van der Waals surface area contributed by atoms with E-state index < -0.39 is 0 Å². The van der Waals surface area contributed by atoms with Crippen molar-refractivity contribution in [2.24, 2.45) is 5.92 Å². The van der Waals surface area contributed by atoms with Gasteiger partial charge in [0, 0.05) is 18.5 Å². The van der Waals surface area contributed by atoms with Gasteiger partial charge in [-0.05, 0) is 31.6 Å². The maximum absolute atomic E-state index is 4.43. The molecule has 1 aromatic heterocycles. The summed E-state index contributed by atoms with van der Waals surface area (Å²) in [6.45, 7) is 7.49. The second kappa shape index (κ2) is 8.08. The molecule has 0 atom stereocenters. The number of rotatable bonds is 7. The molecule has 0 bridgehead atoms. The fraction of sp³-hybridized carbons (Fsp3) is 0.875. The third-order valence-electron chi connectivity index (χ3n) is 4.31. The van der Waals surface area contributed by atoms with E-state index in [0.717, 1.165) is 17.5 Å². The highest BCUT2D eigenvalue weighted by Gasteiger charge is 2.24. The lowest BCUT2D eigenvalue weighted by molar-refractivity contribution is 0.303. The van der Waals surface area contributed by atoms with Gasteiger partial charge in [0.2, 0.25) is 0 Å². The highest BCUT2D eigenvalue weighted by atomic mass is 32.1. The van der Waals surface area contributed by atoms with Crippen LogP contribution in [0.15, 0.2) is 0 Å². The van der Waals surface area contributed by atoms with Gasteiger partial charge >= 0.3 is 0 Å². The minimum absolute atomic E-state index is 0.511. The van der Waals surface area contributed by atoms with Gasteiger partial charge in [-0.3, -0.25) is 0 Å². The van der Waals surface area contributed by atoms with Crippen LogP contribution in [0.2, 0.25) is 0 Å². The number of unbranched alkanes of at least 4 members (excludes halogenated alkanes) is 1. The van der Waals surface area contributed by atoms with Crippen molar-refractivity contribution in [1.82, 2.24) is 15.5 Å². The summed E-state index contributed by atoms with van der Waals surface area (Å²) < 4.78 is 0. The Morgan fingerprint density at radius 3 is 2.60 bits per heavy atom. The Labute approximate surface area is 127 Å². The predicted octanol–water partition coefficient (Wildman–Crippen LogP) is 4.50.